The number of carbonyl (C=O) groups excluding carboxylic acids is 1. The first-order chi connectivity index (χ1) is 11.0. The van der Waals surface area contributed by atoms with E-state index in [2.05, 4.69) is 18.3 Å². The minimum absolute atomic E-state index is 0.0298. The van der Waals surface area contributed by atoms with Crippen LogP contribution in [0.5, 0.6) is 5.75 Å². The molecule has 1 amide bonds. The van der Waals surface area contributed by atoms with Crippen LogP contribution in [0.4, 0.5) is 5.69 Å². The summed E-state index contributed by atoms with van der Waals surface area (Å²) in [5.74, 6) is 1.32. The lowest BCUT2D eigenvalue weighted by Crippen LogP contribution is -2.42. The molecular weight excluding hydrogens is 290 g/mol. The molecule has 124 valence electrons. The van der Waals surface area contributed by atoms with Gasteiger partial charge < -0.3 is 15.0 Å². The van der Waals surface area contributed by atoms with E-state index in [1.807, 2.05) is 18.7 Å². The molecule has 1 saturated heterocycles. The highest BCUT2D eigenvalue weighted by atomic mass is 16.5. The SMILES string of the molecule is CC1CCCN(C(=O)CNc2cc(C#N)ccc2OC(C)C)C1. The van der Waals surface area contributed by atoms with Crippen molar-refractivity contribution in [3.05, 3.63) is 23.8 Å². The summed E-state index contributed by atoms with van der Waals surface area (Å²) in [6.45, 7) is 7.95. The number of nitrogens with zero attached hydrogens (tertiary/aromatic N) is 2. The standard InChI is InChI=1S/C18H25N3O2/c1-13(2)23-17-7-6-15(10-19)9-16(17)20-11-18(22)21-8-4-5-14(3)12-21/h6-7,9,13-14,20H,4-5,8,11-12H2,1-3H3. The van der Waals surface area contributed by atoms with Gasteiger partial charge in [-0.2, -0.15) is 5.26 Å². The Kier molecular flexibility index (Phi) is 5.86. The van der Waals surface area contributed by atoms with Crippen molar-refractivity contribution in [2.75, 3.05) is 25.0 Å². The van der Waals surface area contributed by atoms with Crippen LogP contribution in [-0.4, -0.2) is 36.5 Å². The fourth-order valence-corrected chi connectivity index (χ4v) is 2.79. The van der Waals surface area contributed by atoms with Gasteiger partial charge in [0.25, 0.3) is 0 Å². The number of nitrogens with one attached hydrogen (secondary N) is 1. The first-order valence-corrected chi connectivity index (χ1v) is 8.22. The van der Waals surface area contributed by atoms with E-state index in [4.69, 9.17) is 10.00 Å². The first kappa shape index (κ1) is 17.1. The second-order valence-corrected chi connectivity index (χ2v) is 6.43. The molecule has 0 radical (unpaired) electrons. The number of piperidine rings is 1. The minimum Gasteiger partial charge on any atom is -0.489 e. The zero-order valence-electron chi connectivity index (χ0n) is 14.1. The van der Waals surface area contributed by atoms with E-state index in [0.29, 0.717) is 22.9 Å². The molecule has 0 aliphatic carbocycles. The molecule has 1 unspecified atom stereocenters. The molecule has 5 heteroatoms. The van der Waals surface area contributed by atoms with Gasteiger partial charge in [-0.1, -0.05) is 6.92 Å². The van der Waals surface area contributed by atoms with Crippen LogP contribution in [-0.2, 0) is 4.79 Å². The Morgan fingerprint density at radius 1 is 1.52 bits per heavy atom. The van der Waals surface area contributed by atoms with Crippen LogP contribution in [0.15, 0.2) is 18.2 Å². The van der Waals surface area contributed by atoms with Crippen LogP contribution in [0.3, 0.4) is 0 Å². The molecule has 1 aromatic carbocycles. The number of benzene rings is 1. The summed E-state index contributed by atoms with van der Waals surface area (Å²) >= 11 is 0. The number of hydrogen-bond donors (Lipinski definition) is 1. The Morgan fingerprint density at radius 2 is 2.30 bits per heavy atom. The number of rotatable bonds is 5. The largest absolute Gasteiger partial charge is 0.489 e. The van der Waals surface area contributed by atoms with Gasteiger partial charge in [-0.25, -0.2) is 0 Å². The van der Waals surface area contributed by atoms with Gasteiger partial charge in [0.05, 0.1) is 30.0 Å². The van der Waals surface area contributed by atoms with Crippen LogP contribution in [0, 0.1) is 17.2 Å². The molecular formula is C18H25N3O2. The molecule has 0 saturated carbocycles. The van der Waals surface area contributed by atoms with Crippen molar-refractivity contribution < 1.29 is 9.53 Å². The molecule has 0 spiro atoms. The number of carbonyl (C=O) groups is 1. The third kappa shape index (κ3) is 4.88. The van der Waals surface area contributed by atoms with Gasteiger partial charge in [0, 0.05) is 13.1 Å². The van der Waals surface area contributed by atoms with Gasteiger partial charge in [-0.15, -0.1) is 0 Å². The van der Waals surface area contributed by atoms with E-state index in [1.54, 1.807) is 18.2 Å². The van der Waals surface area contributed by atoms with Crippen molar-refractivity contribution >= 4 is 11.6 Å². The molecule has 0 aromatic heterocycles. The number of nitriles is 1. The molecule has 5 nitrogen and oxygen atoms in total. The summed E-state index contributed by atoms with van der Waals surface area (Å²) in [5.41, 5.74) is 1.24. The van der Waals surface area contributed by atoms with E-state index >= 15 is 0 Å². The fraction of sp³-hybridized carbons (Fsp3) is 0.556. The van der Waals surface area contributed by atoms with Crippen molar-refractivity contribution in [1.29, 1.82) is 5.26 Å². The lowest BCUT2D eigenvalue weighted by molar-refractivity contribution is -0.130. The Morgan fingerprint density at radius 3 is 2.96 bits per heavy atom. The number of hydrogen-bond acceptors (Lipinski definition) is 4. The molecule has 1 atom stereocenters. The van der Waals surface area contributed by atoms with Crippen LogP contribution in [0.25, 0.3) is 0 Å². The maximum Gasteiger partial charge on any atom is 0.241 e. The van der Waals surface area contributed by atoms with E-state index in [0.717, 1.165) is 19.5 Å². The van der Waals surface area contributed by atoms with Gasteiger partial charge in [0.1, 0.15) is 5.75 Å². The number of amides is 1. The molecule has 1 fully saturated rings. The number of anilines is 1. The molecule has 1 N–H and O–H groups in total. The summed E-state index contributed by atoms with van der Waals surface area (Å²) in [6.07, 6.45) is 2.29. The van der Waals surface area contributed by atoms with Gasteiger partial charge in [-0.05, 0) is 50.8 Å². The fourth-order valence-electron chi connectivity index (χ4n) is 2.79. The number of ether oxygens (including phenoxy) is 1. The molecule has 1 aliphatic heterocycles. The average Bonchev–Trinajstić information content (AvgIpc) is 2.53. The lowest BCUT2D eigenvalue weighted by atomic mass is 10.0. The van der Waals surface area contributed by atoms with Crippen LogP contribution in [0.2, 0.25) is 0 Å². The van der Waals surface area contributed by atoms with E-state index < -0.39 is 0 Å². The van der Waals surface area contributed by atoms with Crippen molar-refractivity contribution in [3.8, 4) is 11.8 Å². The van der Waals surface area contributed by atoms with Crippen molar-refractivity contribution in [3.63, 3.8) is 0 Å². The average molecular weight is 315 g/mol. The van der Waals surface area contributed by atoms with Crippen LogP contribution in [0.1, 0.15) is 39.2 Å². The Balaban J connectivity index is 2.03. The Hall–Kier alpha value is -2.22. The summed E-state index contributed by atoms with van der Waals surface area (Å²) in [4.78, 5) is 14.3. The van der Waals surface area contributed by atoms with Gasteiger partial charge in [-0.3, -0.25) is 4.79 Å². The Labute approximate surface area is 138 Å². The van der Waals surface area contributed by atoms with Gasteiger partial charge >= 0.3 is 0 Å². The van der Waals surface area contributed by atoms with Crippen LogP contribution < -0.4 is 10.1 Å². The smallest absolute Gasteiger partial charge is 0.241 e. The predicted molar refractivity (Wildman–Crippen MR) is 90.4 cm³/mol. The third-order valence-corrected chi connectivity index (χ3v) is 3.91. The summed E-state index contributed by atoms with van der Waals surface area (Å²) in [7, 11) is 0. The second-order valence-electron chi connectivity index (χ2n) is 6.43. The molecule has 2 rings (SSSR count). The summed E-state index contributed by atoms with van der Waals surface area (Å²) < 4.78 is 5.74. The maximum absolute atomic E-state index is 12.4. The Bertz CT molecular complexity index is 592. The van der Waals surface area contributed by atoms with Gasteiger partial charge in [0.2, 0.25) is 5.91 Å². The summed E-state index contributed by atoms with van der Waals surface area (Å²) in [6, 6.07) is 7.33. The molecule has 0 bridgehead atoms. The molecule has 1 aromatic rings. The quantitative estimate of drug-likeness (QED) is 0.907. The van der Waals surface area contributed by atoms with Gasteiger partial charge in [0.15, 0.2) is 0 Å². The minimum atomic E-state index is 0.0298. The predicted octanol–water partition coefficient (Wildman–Crippen LogP) is 3.02. The summed E-state index contributed by atoms with van der Waals surface area (Å²) in [5, 5.41) is 12.2. The van der Waals surface area contributed by atoms with E-state index in [9.17, 15) is 4.79 Å². The number of likely N-dealkylation sites (tertiary alicyclic amines) is 1. The molecule has 1 heterocycles. The van der Waals surface area contributed by atoms with E-state index in [-0.39, 0.29) is 18.6 Å². The highest BCUT2D eigenvalue weighted by Crippen LogP contribution is 2.26. The monoisotopic (exact) mass is 315 g/mol. The van der Waals surface area contributed by atoms with Crippen molar-refractivity contribution in [2.45, 2.75) is 39.7 Å². The first-order valence-electron chi connectivity index (χ1n) is 8.22. The topological polar surface area (TPSA) is 65.4 Å². The second kappa shape index (κ2) is 7.87. The van der Waals surface area contributed by atoms with Crippen LogP contribution >= 0.6 is 0 Å². The maximum atomic E-state index is 12.4. The highest BCUT2D eigenvalue weighted by molar-refractivity contribution is 5.81. The zero-order valence-corrected chi connectivity index (χ0v) is 14.1. The van der Waals surface area contributed by atoms with E-state index in [1.165, 1.54) is 6.42 Å². The van der Waals surface area contributed by atoms with Crippen molar-refractivity contribution in [2.24, 2.45) is 5.92 Å². The van der Waals surface area contributed by atoms with Crippen molar-refractivity contribution in [1.82, 2.24) is 4.90 Å². The molecule has 1 aliphatic rings. The normalized spacial score (nSPS) is 17.7. The zero-order chi connectivity index (χ0) is 16.8. The lowest BCUT2D eigenvalue weighted by Gasteiger charge is -2.31. The molecule has 23 heavy (non-hydrogen) atoms. The third-order valence-electron chi connectivity index (χ3n) is 3.91. The highest BCUT2D eigenvalue weighted by Gasteiger charge is 2.20.